The van der Waals surface area contributed by atoms with E-state index in [1.54, 1.807) is 69.3 Å². The van der Waals surface area contributed by atoms with Crippen LogP contribution in [0.25, 0.3) is 0 Å². The Labute approximate surface area is 342 Å². The topological polar surface area (TPSA) is 168 Å². The number of aromatic nitrogens is 6. The van der Waals surface area contributed by atoms with Gasteiger partial charge in [0.1, 0.15) is 43.2 Å². The molecular weight excluding hydrogens is 770 g/mol. The Kier molecular flexibility index (Phi) is 20.4. The van der Waals surface area contributed by atoms with Crippen LogP contribution in [0.15, 0.2) is 76.7 Å². The summed E-state index contributed by atoms with van der Waals surface area (Å²) in [6.07, 6.45) is 4.15. The van der Waals surface area contributed by atoms with E-state index in [-0.39, 0.29) is 61.1 Å². The van der Waals surface area contributed by atoms with Crippen molar-refractivity contribution in [1.29, 1.82) is 0 Å². The summed E-state index contributed by atoms with van der Waals surface area (Å²) in [5.41, 5.74) is 1.80. The molecule has 0 aliphatic heterocycles. The summed E-state index contributed by atoms with van der Waals surface area (Å²) in [7, 11) is 0. The van der Waals surface area contributed by atoms with Crippen molar-refractivity contribution in [2.75, 3.05) is 19.8 Å². The third-order valence-corrected chi connectivity index (χ3v) is 7.83. The first-order valence-electron chi connectivity index (χ1n) is 18.4. The van der Waals surface area contributed by atoms with E-state index in [0.717, 1.165) is 10.3 Å². The molecule has 16 heteroatoms. The minimum atomic E-state index is -0.898. The molecule has 0 atom stereocenters. The molecule has 0 radical (unpaired) electrons. The summed E-state index contributed by atoms with van der Waals surface area (Å²) in [6.45, 7) is 11.6. The average Bonchev–Trinajstić information content (AvgIpc) is 3.22. The van der Waals surface area contributed by atoms with Crippen molar-refractivity contribution < 1.29 is 37.0 Å². The number of alkyl halides is 3. The molecule has 59 heavy (non-hydrogen) atoms. The van der Waals surface area contributed by atoms with E-state index in [2.05, 4.69) is 38.8 Å². The van der Waals surface area contributed by atoms with E-state index < -0.39 is 25.6 Å². The first kappa shape index (κ1) is 49.0. The molecule has 3 aromatic heterocycles. The average molecular weight is 823 g/mol. The lowest BCUT2D eigenvalue weighted by molar-refractivity contribution is 0.0916. The molecule has 318 valence electrons. The van der Waals surface area contributed by atoms with Gasteiger partial charge in [-0.3, -0.25) is 23.7 Å². The van der Waals surface area contributed by atoms with Gasteiger partial charge in [-0.25, -0.2) is 28.1 Å². The molecule has 2 aromatic carbocycles. The molecule has 0 saturated heterocycles. The molecule has 0 spiro atoms. The molecule has 5 aromatic rings. The monoisotopic (exact) mass is 822 g/mol. The number of nitrogens with zero attached hydrogens (tertiary/aromatic N) is 5. The summed E-state index contributed by atoms with van der Waals surface area (Å²) in [5, 5.41) is 0. The number of aromatic amines is 1. The Bertz CT molecular complexity index is 2210. The second-order valence-corrected chi connectivity index (χ2v) is 13.9. The third-order valence-electron chi connectivity index (χ3n) is 7.83. The number of hydrogen-bond acceptors (Lipinski definition) is 11. The Balaban J connectivity index is 0.000000327. The first-order valence-corrected chi connectivity index (χ1v) is 18.4. The molecule has 0 amide bonds. The van der Waals surface area contributed by atoms with Crippen molar-refractivity contribution >= 4 is 11.6 Å². The van der Waals surface area contributed by atoms with Crippen LogP contribution in [0.3, 0.4) is 0 Å². The largest absolute Gasteiger partial charge is 0.493 e. The molecule has 0 aliphatic rings. The molecule has 3 heterocycles. The van der Waals surface area contributed by atoms with Crippen LogP contribution in [0.1, 0.15) is 90.0 Å². The molecule has 1 N–H and O–H groups in total. The van der Waals surface area contributed by atoms with E-state index in [0.29, 0.717) is 58.6 Å². The van der Waals surface area contributed by atoms with E-state index in [1.165, 1.54) is 18.6 Å². The normalized spacial score (nSPS) is 10.4. The summed E-state index contributed by atoms with van der Waals surface area (Å²) >= 11 is 0. The number of rotatable bonds is 16. The highest BCUT2D eigenvalue weighted by atomic mass is 19.1. The Morgan fingerprint density at radius 3 is 1.69 bits per heavy atom. The Hall–Kier alpha value is -6.19. The number of H-pyrrole nitrogens is 1. The smallest absolute Gasteiger partial charge is 0.256 e. The fourth-order valence-corrected chi connectivity index (χ4v) is 4.58. The number of nitrogens with one attached hydrogen (secondary N) is 1. The van der Waals surface area contributed by atoms with Gasteiger partial charge in [0.25, 0.3) is 11.1 Å². The molecule has 0 fully saturated rings. The van der Waals surface area contributed by atoms with Crippen LogP contribution in [0, 0.1) is 32.6 Å². The third kappa shape index (κ3) is 15.9. The fourth-order valence-electron chi connectivity index (χ4n) is 4.58. The van der Waals surface area contributed by atoms with Crippen LogP contribution in [0.4, 0.5) is 13.2 Å². The minimum Gasteiger partial charge on any atom is -0.493 e. The fraction of sp³-hybridized carbons (Fsp3) is 0.395. The van der Waals surface area contributed by atoms with E-state index in [9.17, 15) is 32.3 Å². The number of carbonyl (C=O) groups excluding carboxylic acids is 2. The second-order valence-electron chi connectivity index (χ2n) is 13.9. The van der Waals surface area contributed by atoms with Gasteiger partial charge >= 0.3 is 0 Å². The minimum absolute atomic E-state index is 0. The van der Waals surface area contributed by atoms with Crippen molar-refractivity contribution in [2.45, 2.75) is 82.5 Å². The zero-order chi connectivity index (χ0) is 42.8. The summed E-state index contributed by atoms with van der Waals surface area (Å²) in [4.78, 5) is 64.9. The standard InChI is InChI=1S/2C18H21FN2O3.C6H7FN2O.CH4/c1-12(2)11-24-15-6-4-14(5-7-15)16(22)10-21-17(8-19)20-9-13(3)18(21)23;1-12(2)10-23-15-6-4-14(5-7-15)16(22)11-24-18-13(3)9-20-17(8-19)21-18;1-4-3-8-5(2-7)9-6(4)10;/h2*4-7,9,12H,8,10-11H2,1-3H3;3H,2H2,1H3,(H,8,9,10);1H4. The lowest BCUT2D eigenvalue weighted by atomic mass is 10.1. The van der Waals surface area contributed by atoms with Crippen molar-refractivity contribution in [3.8, 4) is 17.4 Å². The number of carbonyl (C=O) groups is 2. The zero-order valence-corrected chi connectivity index (χ0v) is 33.7. The summed E-state index contributed by atoms with van der Waals surface area (Å²) in [6, 6.07) is 13.6. The maximum atomic E-state index is 13.0. The van der Waals surface area contributed by atoms with Crippen LogP contribution < -0.4 is 25.3 Å². The van der Waals surface area contributed by atoms with Crippen molar-refractivity contribution in [2.24, 2.45) is 11.8 Å². The van der Waals surface area contributed by atoms with Gasteiger partial charge in [-0.05, 0) is 81.1 Å². The number of ether oxygens (including phenoxy) is 3. The van der Waals surface area contributed by atoms with Gasteiger partial charge < -0.3 is 19.2 Å². The van der Waals surface area contributed by atoms with Crippen molar-refractivity contribution in [3.63, 3.8) is 0 Å². The quantitative estimate of drug-likeness (QED) is 0.0970. The van der Waals surface area contributed by atoms with E-state index >= 15 is 0 Å². The summed E-state index contributed by atoms with van der Waals surface area (Å²) < 4.78 is 55.0. The summed E-state index contributed by atoms with van der Waals surface area (Å²) in [5.74, 6) is 2.07. The van der Waals surface area contributed by atoms with E-state index in [4.69, 9.17) is 14.2 Å². The Morgan fingerprint density at radius 2 is 1.20 bits per heavy atom. The van der Waals surface area contributed by atoms with Crippen LogP contribution in [0.2, 0.25) is 0 Å². The van der Waals surface area contributed by atoms with Crippen LogP contribution in [-0.4, -0.2) is 60.9 Å². The zero-order valence-electron chi connectivity index (χ0n) is 33.7. The molecular formula is C43H53F3N6O7. The lowest BCUT2D eigenvalue weighted by Crippen LogP contribution is -2.29. The van der Waals surface area contributed by atoms with Crippen molar-refractivity contribution in [3.05, 3.63) is 133 Å². The predicted octanol–water partition coefficient (Wildman–Crippen LogP) is 7.67. The van der Waals surface area contributed by atoms with Gasteiger partial charge in [-0.1, -0.05) is 35.1 Å². The van der Waals surface area contributed by atoms with Gasteiger partial charge in [0.2, 0.25) is 5.88 Å². The first-order chi connectivity index (χ1) is 27.6. The highest BCUT2D eigenvalue weighted by Crippen LogP contribution is 2.17. The number of benzene rings is 2. The highest BCUT2D eigenvalue weighted by molar-refractivity contribution is 5.97. The van der Waals surface area contributed by atoms with Crippen LogP contribution in [-0.2, 0) is 26.6 Å². The molecule has 0 aliphatic carbocycles. The van der Waals surface area contributed by atoms with Gasteiger partial charge in [-0.2, -0.15) is 4.98 Å². The SMILES string of the molecule is C.Cc1cnc(CF)[nH]c1=O.Cc1cnc(CF)n(CC(=O)c2ccc(OCC(C)C)cc2)c1=O.Cc1cnc(CF)nc1OCC(=O)c1ccc(OCC(C)C)cc1. The van der Waals surface area contributed by atoms with Crippen LogP contribution >= 0.6 is 0 Å². The van der Waals surface area contributed by atoms with E-state index in [1.807, 2.05) is 13.8 Å². The van der Waals surface area contributed by atoms with Gasteiger partial charge in [0, 0.05) is 46.4 Å². The number of Topliss-reactive ketones (excluding diaryl/α,β-unsaturated/α-hetero) is 2. The highest BCUT2D eigenvalue weighted by Gasteiger charge is 2.14. The van der Waals surface area contributed by atoms with Gasteiger partial charge in [0.05, 0.1) is 19.8 Å². The predicted molar refractivity (Wildman–Crippen MR) is 218 cm³/mol. The number of ketones is 2. The maximum absolute atomic E-state index is 13.0. The maximum Gasteiger partial charge on any atom is 0.256 e. The van der Waals surface area contributed by atoms with Crippen LogP contribution in [0.5, 0.6) is 17.4 Å². The number of hydrogen-bond donors (Lipinski definition) is 1. The molecule has 0 unspecified atom stereocenters. The lowest BCUT2D eigenvalue weighted by Gasteiger charge is -2.11. The molecule has 5 rings (SSSR count). The van der Waals surface area contributed by atoms with Gasteiger partial charge in [0.15, 0.2) is 24.0 Å². The number of halogens is 3. The Morgan fingerprint density at radius 1 is 0.678 bits per heavy atom. The number of aryl methyl sites for hydroxylation is 3. The molecule has 0 bridgehead atoms. The molecule has 0 saturated carbocycles. The van der Waals surface area contributed by atoms with Crippen molar-refractivity contribution in [1.82, 2.24) is 29.5 Å². The van der Waals surface area contributed by atoms with Gasteiger partial charge in [-0.15, -0.1) is 0 Å². The molecule has 13 nitrogen and oxygen atoms in total. The second kappa shape index (κ2) is 24.6.